The average molecular weight is 819 g/mol. The number of para-hydroxylation sites is 2. The zero-order chi connectivity index (χ0) is 41.9. The van der Waals surface area contributed by atoms with Gasteiger partial charge in [-0.2, -0.15) is 10.5 Å². The molecule has 0 saturated heterocycles. The number of nitrogens with zero attached hydrogens (tertiary/aromatic N) is 4. The molecule has 3 unspecified atom stereocenters. The molecule has 4 heterocycles. The van der Waals surface area contributed by atoms with Crippen molar-refractivity contribution in [3.05, 3.63) is 236 Å². The Morgan fingerprint density at radius 2 is 0.877 bits per heavy atom. The first-order valence-electron chi connectivity index (χ1n) is 22.9. The zero-order valence-corrected chi connectivity index (χ0v) is 34.6. The molecule has 1 spiro atoms. The first kappa shape index (κ1) is 32.3. The molecule has 0 amide bonds. The van der Waals surface area contributed by atoms with E-state index in [1.165, 1.54) is 126 Å². The van der Waals surface area contributed by atoms with Crippen molar-refractivity contribution in [2.45, 2.75) is 29.1 Å². The number of rotatable bonds is 0. The molecule has 4 heteroatoms. The van der Waals surface area contributed by atoms with Crippen LogP contribution in [0.4, 0.5) is 0 Å². The number of aromatic nitrogens is 2. The number of benzene rings is 9. The van der Waals surface area contributed by atoms with E-state index >= 15 is 0 Å². The van der Waals surface area contributed by atoms with Gasteiger partial charge in [0.2, 0.25) is 0 Å². The molecule has 13 aromatic rings. The highest BCUT2D eigenvalue weighted by Crippen LogP contribution is 2.78. The van der Waals surface area contributed by atoms with E-state index in [2.05, 4.69) is 179 Å². The minimum Gasteiger partial charge on any atom is -0.308 e. The van der Waals surface area contributed by atoms with Crippen LogP contribution >= 0.6 is 0 Å². The molecule has 6 aliphatic carbocycles. The van der Waals surface area contributed by atoms with Crippen LogP contribution in [0, 0.1) is 22.7 Å². The number of hydrogen-bond donors (Lipinski definition) is 0. The van der Waals surface area contributed by atoms with Gasteiger partial charge in [0.1, 0.15) is 0 Å². The third kappa shape index (κ3) is 3.05. The number of fused-ring (bicyclic) bond motifs is 21. The highest BCUT2D eigenvalue weighted by molar-refractivity contribution is 6.39. The smallest absolute Gasteiger partial charge is 0.0995 e. The third-order valence-corrected chi connectivity index (χ3v) is 17.5. The Morgan fingerprint density at radius 1 is 0.369 bits per heavy atom. The van der Waals surface area contributed by atoms with Crippen molar-refractivity contribution in [3.8, 4) is 12.1 Å². The Hall–Kier alpha value is -8.44. The molecule has 6 aliphatic rings. The predicted molar refractivity (Wildman–Crippen MR) is 257 cm³/mol. The molecule has 0 fully saturated rings. The topological polar surface area (TPSA) is 56.4 Å². The molecule has 3 atom stereocenters. The second-order valence-corrected chi connectivity index (χ2v) is 19.5. The van der Waals surface area contributed by atoms with E-state index in [4.69, 9.17) is 0 Å². The SMILES string of the molecule is N#Cc1cc2c(c3c1C1c4ccccc4C3c3ccccc31)c1cc3c(c4cccc5c6ccccc6n3c54)c3c4c5c(c(C#N)cc4n2c13)C1c2ccccc2C12c1ccccc1C52. The molecule has 9 aromatic carbocycles. The normalized spacial score (nSPS) is 21.3. The first-order valence-corrected chi connectivity index (χ1v) is 22.9. The fourth-order valence-electron chi connectivity index (χ4n) is 15.6. The second-order valence-electron chi connectivity index (χ2n) is 19.5. The molecule has 19 rings (SSSR count). The van der Waals surface area contributed by atoms with Crippen LogP contribution in [-0.4, -0.2) is 8.80 Å². The quantitative estimate of drug-likeness (QED) is 0.153. The van der Waals surface area contributed by atoms with E-state index in [0.29, 0.717) is 0 Å². The lowest BCUT2D eigenvalue weighted by molar-refractivity contribution is 0.333. The summed E-state index contributed by atoms with van der Waals surface area (Å²) in [6.45, 7) is 0. The van der Waals surface area contributed by atoms with Crippen molar-refractivity contribution in [1.82, 2.24) is 8.80 Å². The molecule has 0 aliphatic heterocycles. The molecule has 0 radical (unpaired) electrons. The summed E-state index contributed by atoms with van der Waals surface area (Å²) in [7, 11) is 0. The van der Waals surface area contributed by atoms with Crippen LogP contribution in [0.5, 0.6) is 0 Å². The number of nitriles is 2. The minimum atomic E-state index is -0.207. The van der Waals surface area contributed by atoms with Gasteiger partial charge in [0, 0.05) is 72.2 Å². The largest absolute Gasteiger partial charge is 0.308 e. The van der Waals surface area contributed by atoms with E-state index in [1.54, 1.807) is 0 Å². The van der Waals surface area contributed by atoms with E-state index < -0.39 is 0 Å². The van der Waals surface area contributed by atoms with Crippen molar-refractivity contribution in [1.29, 1.82) is 10.5 Å². The first-order chi connectivity index (χ1) is 32.2. The summed E-state index contributed by atoms with van der Waals surface area (Å²) in [5, 5.41) is 32.8. The van der Waals surface area contributed by atoms with Crippen LogP contribution in [-0.2, 0) is 5.41 Å². The Bertz CT molecular complexity index is 4550. The van der Waals surface area contributed by atoms with Crippen molar-refractivity contribution in [2.75, 3.05) is 0 Å². The van der Waals surface area contributed by atoms with Crippen LogP contribution in [0.25, 0.3) is 76.2 Å². The fraction of sp³-hybridized carbons (Fsp3) is 0.0820. The summed E-state index contributed by atoms with van der Waals surface area (Å²) >= 11 is 0. The van der Waals surface area contributed by atoms with Gasteiger partial charge in [-0.05, 0) is 91.0 Å². The lowest BCUT2D eigenvalue weighted by Crippen LogP contribution is -2.52. The Kier molecular flexibility index (Phi) is 5.05. The van der Waals surface area contributed by atoms with Gasteiger partial charge >= 0.3 is 0 Å². The van der Waals surface area contributed by atoms with Gasteiger partial charge in [0.25, 0.3) is 0 Å². The molecule has 0 saturated carbocycles. The van der Waals surface area contributed by atoms with Gasteiger partial charge in [-0.3, -0.25) is 0 Å². The lowest BCUT2D eigenvalue weighted by Gasteiger charge is -2.58. The monoisotopic (exact) mass is 818 g/mol. The Morgan fingerprint density at radius 3 is 1.55 bits per heavy atom. The molecule has 294 valence electrons. The molecule has 4 nitrogen and oxygen atoms in total. The zero-order valence-electron chi connectivity index (χ0n) is 34.6. The van der Waals surface area contributed by atoms with Gasteiger partial charge in [0.15, 0.2) is 0 Å². The molecule has 2 bridgehead atoms. The molecular weight excluding hydrogens is 789 g/mol. The maximum Gasteiger partial charge on any atom is 0.0995 e. The molecule has 4 aromatic heterocycles. The van der Waals surface area contributed by atoms with E-state index in [-0.39, 0.29) is 29.1 Å². The van der Waals surface area contributed by atoms with E-state index in [0.717, 1.165) is 27.7 Å². The molecule has 65 heavy (non-hydrogen) atoms. The predicted octanol–water partition coefficient (Wildman–Crippen LogP) is 13.6. The summed E-state index contributed by atoms with van der Waals surface area (Å²) in [5.74, 6) is 0.146. The Balaban J connectivity index is 1.12. The fourth-order valence-corrected chi connectivity index (χ4v) is 15.6. The van der Waals surface area contributed by atoms with Crippen molar-refractivity contribution in [2.24, 2.45) is 0 Å². The van der Waals surface area contributed by atoms with Crippen molar-refractivity contribution < 1.29 is 0 Å². The summed E-state index contributed by atoms with van der Waals surface area (Å²) in [6.07, 6.45) is 0. The summed E-state index contributed by atoms with van der Waals surface area (Å²) in [5.41, 5.74) is 24.0. The third-order valence-electron chi connectivity index (χ3n) is 17.5. The summed E-state index contributed by atoms with van der Waals surface area (Å²) < 4.78 is 5.04. The lowest BCUT2D eigenvalue weighted by atomic mass is 9.43. The molecule has 0 N–H and O–H groups in total. The van der Waals surface area contributed by atoms with Gasteiger partial charge < -0.3 is 8.80 Å². The highest BCUT2D eigenvalue weighted by atomic mass is 14.9. The van der Waals surface area contributed by atoms with Gasteiger partial charge in [-0.1, -0.05) is 133 Å². The van der Waals surface area contributed by atoms with Crippen LogP contribution in [0.3, 0.4) is 0 Å². The number of hydrogen-bond acceptors (Lipinski definition) is 2. The van der Waals surface area contributed by atoms with Crippen molar-refractivity contribution in [3.63, 3.8) is 0 Å². The minimum absolute atomic E-state index is 0.0284. The van der Waals surface area contributed by atoms with E-state index in [9.17, 15) is 10.5 Å². The summed E-state index contributed by atoms with van der Waals surface area (Å²) in [4.78, 5) is 0. The highest BCUT2D eigenvalue weighted by Gasteiger charge is 2.70. The van der Waals surface area contributed by atoms with Crippen LogP contribution in [0.15, 0.2) is 158 Å². The van der Waals surface area contributed by atoms with Gasteiger partial charge in [-0.15, -0.1) is 0 Å². The van der Waals surface area contributed by atoms with Crippen LogP contribution in [0.1, 0.15) is 102 Å². The second kappa shape index (κ2) is 10.2. The van der Waals surface area contributed by atoms with Gasteiger partial charge in [-0.25, -0.2) is 0 Å². The maximum absolute atomic E-state index is 11.4. The summed E-state index contributed by atoms with van der Waals surface area (Å²) in [6, 6.07) is 64.3. The van der Waals surface area contributed by atoms with E-state index in [1.807, 2.05) is 0 Å². The van der Waals surface area contributed by atoms with Gasteiger partial charge in [0.05, 0.1) is 56.4 Å². The van der Waals surface area contributed by atoms with Crippen LogP contribution < -0.4 is 0 Å². The standard InChI is InChI=1S/C61H30N4/c62-27-29-24-44-52(54-47(29)49-32-13-1-3-15-34(32)50(54)35-16-4-2-14-33(35)49)40-26-46-51(39-20-11-19-36-31-12-7-10-23-43(31)64(46)59(36)39)56-53-45(65(44)60(40)56)25-30(28-63)48-55(53)58-38-18-6-9-22-42(38)61(58)41-21-8-5-17-37(41)57(48)61/h1-26,49-50,57-58H. The Labute approximate surface area is 370 Å². The molecular formula is C61H30N4. The van der Waals surface area contributed by atoms with Crippen molar-refractivity contribution >= 4 is 76.2 Å². The average Bonchev–Trinajstić information content (AvgIpc) is 4.11. The maximum atomic E-state index is 11.4. The van der Waals surface area contributed by atoms with Crippen LogP contribution in [0.2, 0.25) is 0 Å².